The van der Waals surface area contributed by atoms with Gasteiger partial charge >= 0.3 is 5.97 Å². The van der Waals surface area contributed by atoms with Crippen molar-refractivity contribution in [3.8, 4) is 0 Å². The van der Waals surface area contributed by atoms with Gasteiger partial charge in [0.15, 0.2) is 6.10 Å². The van der Waals surface area contributed by atoms with Crippen LogP contribution in [0.3, 0.4) is 0 Å². The normalized spacial score (nSPS) is 14.2. The van der Waals surface area contributed by atoms with E-state index in [4.69, 9.17) is 4.74 Å². The third-order valence-electron chi connectivity index (χ3n) is 4.16. The molecule has 1 N–H and O–H groups in total. The van der Waals surface area contributed by atoms with Crippen molar-refractivity contribution in [3.05, 3.63) is 54.3 Å². The van der Waals surface area contributed by atoms with Crippen molar-refractivity contribution in [3.63, 3.8) is 0 Å². The van der Waals surface area contributed by atoms with E-state index >= 15 is 0 Å². The summed E-state index contributed by atoms with van der Waals surface area (Å²) in [5.41, 5.74) is 0.783. The lowest BCUT2D eigenvalue weighted by atomic mass is 10.2. The van der Waals surface area contributed by atoms with E-state index in [0.717, 1.165) is 10.6 Å². The summed E-state index contributed by atoms with van der Waals surface area (Å²) in [6.45, 7) is 1.57. The molecule has 0 saturated carbocycles. The first-order valence-corrected chi connectivity index (χ1v) is 9.71. The first-order chi connectivity index (χ1) is 13.5. The summed E-state index contributed by atoms with van der Waals surface area (Å²) in [4.78, 5) is 38.9. The lowest BCUT2D eigenvalue weighted by Gasteiger charge is -2.28. The molecule has 2 aromatic rings. The number of carbonyl (C=O) groups excluding carboxylic acids is 3. The predicted octanol–water partition coefficient (Wildman–Crippen LogP) is 3.22. The molecule has 0 aromatic heterocycles. The number of anilines is 2. The molecule has 1 aliphatic heterocycles. The third kappa shape index (κ3) is 4.69. The van der Waals surface area contributed by atoms with Crippen LogP contribution < -0.4 is 10.2 Å². The molecule has 8 heteroatoms. The van der Waals surface area contributed by atoms with Gasteiger partial charge in [-0.05, 0) is 31.2 Å². The Hall–Kier alpha value is -2.87. The highest BCUT2D eigenvalue weighted by Crippen LogP contribution is 2.34. The van der Waals surface area contributed by atoms with E-state index in [1.807, 2.05) is 24.3 Å². The number of benzene rings is 2. The highest BCUT2D eigenvalue weighted by molar-refractivity contribution is 8.00. The van der Waals surface area contributed by atoms with Gasteiger partial charge in [0.1, 0.15) is 5.82 Å². The second kappa shape index (κ2) is 8.88. The van der Waals surface area contributed by atoms with Crippen molar-refractivity contribution in [1.29, 1.82) is 0 Å². The average molecular weight is 402 g/mol. The Morgan fingerprint density at radius 2 is 1.93 bits per heavy atom. The Balaban J connectivity index is 1.53. The van der Waals surface area contributed by atoms with Crippen molar-refractivity contribution in [2.24, 2.45) is 0 Å². The van der Waals surface area contributed by atoms with E-state index in [-0.39, 0.29) is 24.6 Å². The number of hydrogen-bond donors (Lipinski definition) is 1. The lowest BCUT2D eigenvalue weighted by molar-refractivity contribution is -0.152. The lowest BCUT2D eigenvalue weighted by Crippen LogP contribution is -2.38. The first kappa shape index (κ1) is 19.9. The second-order valence-electron chi connectivity index (χ2n) is 6.15. The summed E-state index contributed by atoms with van der Waals surface area (Å²) in [6, 6.07) is 13.2. The number of carbonyl (C=O) groups is 3. The van der Waals surface area contributed by atoms with Crippen LogP contribution in [-0.4, -0.2) is 36.2 Å². The van der Waals surface area contributed by atoms with Crippen LogP contribution in [0.25, 0.3) is 0 Å². The predicted molar refractivity (Wildman–Crippen MR) is 105 cm³/mol. The molecule has 28 heavy (non-hydrogen) atoms. The summed E-state index contributed by atoms with van der Waals surface area (Å²) >= 11 is 1.46. The average Bonchev–Trinajstić information content (AvgIpc) is 2.69. The zero-order valence-electron chi connectivity index (χ0n) is 15.2. The smallest absolute Gasteiger partial charge is 0.308 e. The minimum absolute atomic E-state index is 0.0171. The minimum atomic E-state index is -1.09. The number of thioether (sulfide) groups is 1. The van der Waals surface area contributed by atoms with Crippen LogP contribution in [0, 0.1) is 5.82 Å². The highest BCUT2D eigenvalue weighted by Gasteiger charge is 2.26. The number of hydrogen-bond acceptors (Lipinski definition) is 5. The zero-order valence-corrected chi connectivity index (χ0v) is 16.0. The van der Waals surface area contributed by atoms with E-state index in [1.165, 1.54) is 36.9 Å². The number of ether oxygens (including phenoxy) is 1. The van der Waals surface area contributed by atoms with Crippen molar-refractivity contribution >= 4 is 40.9 Å². The number of amides is 2. The van der Waals surface area contributed by atoms with Crippen LogP contribution >= 0.6 is 11.8 Å². The van der Waals surface area contributed by atoms with Crippen molar-refractivity contribution < 1.29 is 23.5 Å². The standard InChI is InChI=1S/C20H19FN2O4S/c1-13(20(26)22-15-7-3-2-6-14(15)21)27-19(25)10-11-23-16-8-4-5-9-17(16)28-12-18(23)24/h2-9,13H,10-12H2,1H3,(H,22,26)/t13-/m1/s1. The van der Waals surface area contributed by atoms with Crippen LogP contribution in [0.5, 0.6) is 0 Å². The Labute approximate surface area is 166 Å². The molecule has 0 fully saturated rings. The molecule has 0 spiro atoms. The maximum absolute atomic E-state index is 13.6. The number of nitrogens with zero attached hydrogens (tertiary/aromatic N) is 1. The molecular weight excluding hydrogens is 383 g/mol. The topological polar surface area (TPSA) is 75.7 Å². The van der Waals surface area contributed by atoms with Gasteiger partial charge in [-0.1, -0.05) is 24.3 Å². The summed E-state index contributed by atoms with van der Waals surface area (Å²) < 4.78 is 18.7. The van der Waals surface area contributed by atoms with Crippen LogP contribution in [0.4, 0.5) is 15.8 Å². The van der Waals surface area contributed by atoms with Crippen LogP contribution in [0.1, 0.15) is 13.3 Å². The van der Waals surface area contributed by atoms with E-state index in [0.29, 0.717) is 5.75 Å². The van der Waals surface area contributed by atoms with E-state index in [2.05, 4.69) is 5.32 Å². The maximum Gasteiger partial charge on any atom is 0.308 e. The fraction of sp³-hybridized carbons (Fsp3) is 0.250. The molecular formula is C20H19FN2O4S. The van der Waals surface area contributed by atoms with E-state index < -0.39 is 23.8 Å². The van der Waals surface area contributed by atoms with Crippen molar-refractivity contribution in [2.75, 3.05) is 22.5 Å². The van der Waals surface area contributed by atoms with Crippen LogP contribution in [0.2, 0.25) is 0 Å². The summed E-state index contributed by atoms with van der Waals surface area (Å²) in [6.07, 6.45) is -1.14. The molecule has 1 heterocycles. The summed E-state index contributed by atoms with van der Waals surface area (Å²) in [5, 5.41) is 2.38. The minimum Gasteiger partial charge on any atom is -0.452 e. The molecule has 0 saturated heterocycles. The Morgan fingerprint density at radius 3 is 2.71 bits per heavy atom. The largest absolute Gasteiger partial charge is 0.452 e. The molecule has 1 atom stereocenters. The Kier molecular flexibility index (Phi) is 6.30. The van der Waals surface area contributed by atoms with Gasteiger partial charge in [-0.2, -0.15) is 0 Å². The van der Waals surface area contributed by atoms with Gasteiger partial charge in [0.2, 0.25) is 5.91 Å². The molecule has 2 amide bonds. The van der Waals surface area contributed by atoms with Gasteiger partial charge in [0.05, 0.1) is 23.5 Å². The Bertz CT molecular complexity index is 905. The van der Waals surface area contributed by atoms with Gasteiger partial charge in [-0.25, -0.2) is 4.39 Å². The number of halogens is 1. The van der Waals surface area contributed by atoms with Crippen molar-refractivity contribution in [1.82, 2.24) is 0 Å². The molecule has 0 radical (unpaired) electrons. The summed E-state index contributed by atoms with van der Waals surface area (Å²) in [7, 11) is 0. The monoisotopic (exact) mass is 402 g/mol. The molecule has 3 rings (SSSR count). The van der Waals surface area contributed by atoms with Gasteiger partial charge in [-0.15, -0.1) is 11.8 Å². The fourth-order valence-corrected chi connectivity index (χ4v) is 3.64. The van der Waals surface area contributed by atoms with E-state index in [9.17, 15) is 18.8 Å². The van der Waals surface area contributed by atoms with Gasteiger partial charge in [0, 0.05) is 11.4 Å². The molecule has 146 valence electrons. The Morgan fingerprint density at radius 1 is 1.21 bits per heavy atom. The van der Waals surface area contributed by atoms with E-state index in [1.54, 1.807) is 11.0 Å². The number of fused-ring (bicyclic) bond motifs is 1. The zero-order chi connectivity index (χ0) is 20.1. The van der Waals surface area contributed by atoms with Gasteiger partial charge < -0.3 is 15.0 Å². The number of esters is 1. The molecule has 1 aliphatic rings. The SMILES string of the molecule is C[C@@H](OC(=O)CCN1C(=O)CSc2ccccc21)C(=O)Nc1ccccc1F. The number of rotatable bonds is 6. The summed E-state index contributed by atoms with van der Waals surface area (Å²) in [5.74, 6) is -1.58. The second-order valence-corrected chi connectivity index (χ2v) is 7.17. The number of para-hydroxylation sites is 2. The molecule has 2 aromatic carbocycles. The van der Waals surface area contributed by atoms with Gasteiger partial charge in [0.25, 0.3) is 5.91 Å². The fourth-order valence-electron chi connectivity index (χ4n) is 2.71. The highest BCUT2D eigenvalue weighted by atomic mass is 32.2. The maximum atomic E-state index is 13.6. The molecule has 6 nitrogen and oxygen atoms in total. The molecule has 0 unspecified atom stereocenters. The van der Waals surface area contributed by atoms with Crippen LogP contribution in [0.15, 0.2) is 53.4 Å². The first-order valence-electron chi connectivity index (χ1n) is 8.73. The number of nitrogens with one attached hydrogen (secondary N) is 1. The third-order valence-corrected chi connectivity index (χ3v) is 5.20. The van der Waals surface area contributed by atoms with Crippen molar-refractivity contribution in [2.45, 2.75) is 24.3 Å². The quantitative estimate of drug-likeness (QED) is 0.751. The van der Waals surface area contributed by atoms with Gasteiger partial charge in [-0.3, -0.25) is 14.4 Å². The van der Waals surface area contributed by atoms with Crippen LogP contribution in [-0.2, 0) is 19.1 Å². The molecule has 0 aliphatic carbocycles. The molecule has 0 bridgehead atoms.